The predicted octanol–water partition coefficient (Wildman–Crippen LogP) is 2.13. The summed E-state index contributed by atoms with van der Waals surface area (Å²) in [6.45, 7) is 1.81. The molecule has 0 aliphatic carbocycles. The largest absolute Gasteiger partial charge is 0.271 e. The summed E-state index contributed by atoms with van der Waals surface area (Å²) < 4.78 is 25.3. The molecule has 7 nitrogen and oxygen atoms in total. The molecular formula is C18H18ClN3O4S. The van der Waals surface area contributed by atoms with Crippen molar-refractivity contribution >= 4 is 39.1 Å². The van der Waals surface area contributed by atoms with E-state index in [0.717, 1.165) is 11.8 Å². The molecule has 1 aliphatic heterocycles. The van der Waals surface area contributed by atoms with Gasteiger partial charge in [0.05, 0.1) is 22.5 Å². The maximum absolute atomic E-state index is 12.3. The van der Waals surface area contributed by atoms with Gasteiger partial charge in [0.1, 0.15) is 0 Å². The Morgan fingerprint density at radius 1 is 1.11 bits per heavy atom. The molecule has 0 saturated heterocycles. The lowest BCUT2D eigenvalue weighted by atomic mass is 10.1. The topological polar surface area (TPSA) is 95.6 Å². The third-order valence-corrected chi connectivity index (χ3v) is 5.86. The lowest BCUT2D eigenvalue weighted by molar-refractivity contribution is 0.0846. The minimum Gasteiger partial charge on any atom is -0.267 e. The summed E-state index contributed by atoms with van der Waals surface area (Å²) >= 11 is 5.95. The highest BCUT2D eigenvalue weighted by Crippen LogP contribution is 2.34. The third-order valence-electron chi connectivity index (χ3n) is 4.26. The van der Waals surface area contributed by atoms with E-state index in [2.05, 4.69) is 10.9 Å². The number of rotatable bonds is 3. The van der Waals surface area contributed by atoms with Gasteiger partial charge in [-0.25, -0.2) is 8.42 Å². The van der Waals surface area contributed by atoms with Crippen LogP contribution in [-0.2, 0) is 16.4 Å². The van der Waals surface area contributed by atoms with Gasteiger partial charge in [-0.1, -0.05) is 23.7 Å². The number of carbonyl (C=O) groups excluding carboxylic acids is 2. The summed E-state index contributed by atoms with van der Waals surface area (Å²) in [5, 5.41) is 0.275. The smallest absolute Gasteiger partial charge is 0.267 e. The van der Waals surface area contributed by atoms with Crippen LogP contribution in [0.15, 0.2) is 42.5 Å². The van der Waals surface area contributed by atoms with Crippen LogP contribution < -0.4 is 15.2 Å². The minimum atomic E-state index is -3.39. The molecule has 1 aliphatic rings. The Kier molecular flexibility index (Phi) is 5.12. The Hall–Kier alpha value is -2.58. The number of fused-ring (bicyclic) bond motifs is 1. The van der Waals surface area contributed by atoms with Gasteiger partial charge in [0.15, 0.2) is 0 Å². The van der Waals surface area contributed by atoms with E-state index in [4.69, 9.17) is 11.6 Å². The maximum Gasteiger partial charge on any atom is 0.271 e. The number of nitrogens with zero attached hydrogens (tertiary/aromatic N) is 1. The molecule has 0 unspecified atom stereocenters. The van der Waals surface area contributed by atoms with E-state index in [1.54, 1.807) is 36.4 Å². The first-order valence-corrected chi connectivity index (χ1v) is 10.4. The lowest BCUT2D eigenvalue weighted by Gasteiger charge is -2.21. The van der Waals surface area contributed by atoms with E-state index >= 15 is 0 Å². The first-order chi connectivity index (χ1) is 12.7. The molecule has 0 radical (unpaired) electrons. The summed E-state index contributed by atoms with van der Waals surface area (Å²) in [6.07, 6.45) is 1.67. The molecule has 27 heavy (non-hydrogen) atoms. The molecule has 0 spiro atoms. The van der Waals surface area contributed by atoms with E-state index in [0.29, 0.717) is 17.7 Å². The van der Waals surface area contributed by atoms with E-state index in [-0.39, 0.29) is 16.6 Å². The second kappa shape index (κ2) is 7.21. The van der Waals surface area contributed by atoms with Gasteiger partial charge in [-0.2, -0.15) is 0 Å². The van der Waals surface area contributed by atoms with Crippen molar-refractivity contribution in [3.63, 3.8) is 0 Å². The molecule has 1 heterocycles. The normalized spacial score (nSPS) is 16.0. The highest BCUT2D eigenvalue weighted by molar-refractivity contribution is 7.92. The van der Waals surface area contributed by atoms with Crippen molar-refractivity contribution in [1.29, 1.82) is 0 Å². The van der Waals surface area contributed by atoms with E-state index in [1.165, 1.54) is 10.4 Å². The highest BCUT2D eigenvalue weighted by atomic mass is 35.5. The first kappa shape index (κ1) is 19.2. The van der Waals surface area contributed by atoms with Crippen molar-refractivity contribution in [2.75, 3.05) is 10.6 Å². The second-order valence-corrected chi connectivity index (χ2v) is 8.61. The molecule has 2 aromatic carbocycles. The molecule has 0 aromatic heterocycles. The van der Waals surface area contributed by atoms with Crippen LogP contribution in [0.2, 0.25) is 5.02 Å². The molecule has 142 valence electrons. The number of hydrazine groups is 1. The van der Waals surface area contributed by atoms with Gasteiger partial charge in [0, 0.05) is 11.6 Å². The monoisotopic (exact) mass is 407 g/mol. The maximum atomic E-state index is 12.3. The van der Waals surface area contributed by atoms with Crippen LogP contribution in [0, 0.1) is 0 Å². The first-order valence-electron chi connectivity index (χ1n) is 8.16. The molecule has 2 aromatic rings. The molecule has 0 saturated carbocycles. The van der Waals surface area contributed by atoms with Crippen LogP contribution >= 0.6 is 11.6 Å². The number of benzene rings is 2. The molecule has 9 heteroatoms. The zero-order valence-corrected chi connectivity index (χ0v) is 16.3. The molecule has 1 atom stereocenters. The van der Waals surface area contributed by atoms with Crippen LogP contribution in [0.25, 0.3) is 0 Å². The predicted molar refractivity (Wildman–Crippen MR) is 103 cm³/mol. The molecule has 2 amide bonds. The Bertz CT molecular complexity index is 1020. The fourth-order valence-corrected chi connectivity index (χ4v) is 4.63. The number of amides is 2. The number of anilines is 1. The summed E-state index contributed by atoms with van der Waals surface area (Å²) in [5.74, 6) is -1.05. The van der Waals surface area contributed by atoms with Crippen LogP contribution in [0.1, 0.15) is 33.2 Å². The van der Waals surface area contributed by atoms with Gasteiger partial charge in [-0.15, -0.1) is 0 Å². The molecular weight excluding hydrogens is 390 g/mol. The number of hydrogen-bond acceptors (Lipinski definition) is 4. The molecule has 0 fully saturated rings. The summed E-state index contributed by atoms with van der Waals surface area (Å²) in [7, 11) is -3.39. The quantitative estimate of drug-likeness (QED) is 0.762. The molecule has 3 rings (SSSR count). The van der Waals surface area contributed by atoms with Gasteiger partial charge in [-0.3, -0.25) is 24.7 Å². The van der Waals surface area contributed by atoms with Crippen molar-refractivity contribution in [2.45, 2.75) is 19.4 Å². The van der Waals surface area contributed by atoms with Crippen LogP contribution in [0.4, 0.5) is 5.69 Å². The average molecular weight is 408 g/mol. The number of halogens is 1. The Labute approximate surface area is 162 Å². The average Bonchev–Trinajstić information content (AvgIpc) is 2.94. The van der Waals surface area contributed by atoms with Crippen molar-refractivity contribution < 1.29 is 18.0 Å². The number of hydrogen-bond donors (Lipinski definition) is 2. The SMILES string of the molecule is C[C@@H]1Cc2cc(C(=O)NNC(=O)c3ccccc3Cl)ccc2N1S(C)(=O)=O. The van der Waals surface area contributed by atoms with Gasteiger partial charge in [0.2, 0.25) is 10.0 Å². The van der Waals surface area contributed by atoms with Gasteiger partial charge in [-0.05, 0) is 49.2 Å². The number of carbonyl (C=O) groups is 2. The summed E-state index contributed by atoms with van der Waals surface area (Å²) in [5.41, 5.74) is 6.55. The molecule has 0 bridgehead atoms. The van der Waals surface area contributed by atoms with E-state index in [9.17, 15) is 18.0 Å². The third kappa shape index (κ3) is 3.91. The number of sulfonamides is 1. The summed E-state index contributed by atoms with van der Waals surface area (Å²) in [6, 6.07) is 11.0. The fraction of sp³-hybridized carbons (Fsp3) is 0.222. The van der Waals surface area contributed by atoms with Crippen molar-refractivity contribution in [1.82, 2.24) is 10.9 Å². The van der Waals surface area contributed by atoms with Gasteiger partial charge >= 0.3 is 0 Å². The standard InChI is InChI=1S/C18H18ClN3O4S/c1-11-9-13-10-12(7-8-16(13)22(11)27(2,25)26)17(23)20-21-18(24)14-5-3-4-6-15(14)19/h3-8,10-11H,9H2,1-2H3,(H,20,23)(H,21,24)/t11-/m1/s1. The number of nitrogens with one attached hydrogen (secondary N) is 2. The van der Waals surface area contributed by atoms with Crippen molar-refractivity contribution in [3.05, 3.63) is 64.2 Å². The highest BCUT2D eigenvalue weighted by Gasteiger charge is 2.32. The van der Waals surface area contributed by atoms with Crippen LogP contribution in [-0.4, -0.2) is 32.5 Å². The van der Waals surface area contributed by atoms with E-state index in [1.807, 2.05) is 6.92 Å². The molecule has 2 N–H and O–H groups in total. The zero-order valence-electron chi connectivity index (χ0n) is 14.7. The van der Waals surface area contributed by atoms with Gasteiger partial charge < -0.3 is 0 Å². The van der Waals surface area contributed by atoms with Gasteiger partial charge in [0.25, 0.3) is 11.8 Å². The van der Waals surface area contributed by atoms with E-state index < -0.39 is 21.8 Å². The van der Waals surface area contributed by atoms with Crippen LogP contribution in [0.3, 0.4) is 0 Å². The summed E-state index contributed by atoms with van der Waals surface area (Å²) in [4.78, 5) is 24.4. The fourth-order valence-electron chi connectivity index (χ4n) is 3.15. The Balaban J connectivity index is 1.73. The van der Waals surface area contributed by atoms with Crippen molar-refractivity contribution in [2.24, 2.45) is 0 Å². The second-order valence-electron chi connectivity index (χ2n) is 6.34. The lowest BCUT2D eigenvalue weighted by Crippen LogP contribution is -2.41. The van der Waals surface area contributed by atoms with Crippen molar-refractivity contribution in [3.8, 4) is 0 Å². The van der Waals surface area contributed by atoms with Crippen LogP contribution in [0.5, 0.6) is 0 Å². The zero-order chi connectivity index (χ0) is 19.8. The Morgan fingerprint density at radius 2 is 1.78 bits per heavy atom. The Morgan fingerprint density at radius 3 is 2.44 bits per heavy atom. The minimum absolute atomic E-state index is 0.215.